The Labute approximate surface area is 120 Å². The molecular weight excluding hydrogens is 309 g/mol. The Hall–Kier alpha value is -1.39. The minimum atomic E-state index is -0.287. The van der Waals surface area contributed by atoms with E-state index < -0.39 is 0 Å². The molecule has 100 valence electrons. The van der Waals surface area contributed by atoms with Gasteiger partial charge in [0.25, 0.3) is 0 Å². The first-order valence-corrected chi connectivity index (χ1v) is 6.84. The van der Waals surface area contributed by atoms with Gasteiger partial charge < -0.3 is 10.5 Å². The van der Waals surface area contributed by atoms with Crippen LogP contribution in [-0.4, -0.2) is 6.54 Å². The molecule has 2 nitrogen and oxygen atoms in total. The molecule has 0 saturated heterocycles. The van der Waals surface area contributed by atoms with E-state index in [0.29, 0.717) is 23.4 Å². The second kappa shape index (κ2) is 6.68. The summed E-state index contributed by atoms with van der Waals surface area (Å²) in [5.74, 6) is 0.345. The molecular formula is C15H15BrFNO. The number of hydrogen-bond donors (Lipinski definition) is 1. The predicted molar refractivity (Wildman–Crippen MR) is 77.6 cm³/mol. The molecule has 2 N–H and O–H groups in total. The topological polar surface area (TPSA) is 35.2 Å². The molecule has 0 aliphatic carbocycles. The van der Waals surface area contributed by atoms with Gasteiger partial charge >= 0.3 is 0 Å². The molecule has 0 bridgehead atoms. The monoisotopic (exact) mass is 323 g/mol. The van der Waals surface area contributed by atoms with Crippen LogP contribution in [0.1, 0.15) is 11.1 Å². The van der Waals surface area contributed by atoms with Crippen LogP contribution >= 0.6 is 15.9 Å². The van der Waals surface area contributed by atoms with Gasteiger partial charge in [0.2, 0.25) is 0 Å². The molecule has 2 aromatic carbocycles. The van der Waals surface area contributed by atoms with Crippen LogP contribution in [-0.2, 0) is 13.0 Å². The first kappa shape index (κ1) is 14.0. The number of halogens is 2. The molecule has 0 unspecified atom stereocenters. The molecule has 4 heteroatoms. The number of rotatable bonds is 5. The van der Waals surface area contributed by atoms with Crippen molar-refractivity contribution in [1.82, 2.24) is 0 Å². The summed E-state index contributed by atoms with van der Waals surface area (Å²) in [6.45, 7) is 1.10. The summed E-state index contributed by atoms with van der Waals surface area (Å²) >= 11 is 3.27. The van der Waals surface area contributed by atoms with Crippen molar-refractivity contribution < 1.29 is 9.13 Å². The zero-order valence-corrected chi connectivity index (χ0v) is 12.0. The minimum Gasteiger partial charge on any atom is -0.488 e. The summed E-state index contributed by atoms with van der Waals surface area (Å²) in [6.07, 6.45) is 0.880. The summed E-state index contributed by atoms with van der Waals surface area (Å²) in [5, 5.41) is 0. The van der Waals surface area contributed by atoms with E-state index in [2.05, 4.69) is 15.9 Å². The first-order valence-electron chi connectivity index (χ1n) is 6.05. The number of benzene rings is 2. The second-order valence-electron chi connectivity index (χ2n) is 4.22. The Kier molecular flexibility index (Phi) is 4.93. The highest BCUT2D eigenvalue weighted by molar-refractivity contribution is 9.10. The molecule has 0 radical (unpaired) electrons. The van der Waals surface area contributed by atoms with E-state index in [-0.39, 0.29) is 5.82 Å². The molecule has 0 atom stereocenters. The summed E-state index contributed by atoms with van der Waals surface area (Å²) in [5.41, 5.74) is 7.79. The maximum absolute atomic E-state index is 12.9. The molecule has 2 rings (SSSR count). The third-order valence-electron chi connectivity index (χ3n) is 2.74. The van der Waals surface area contributed by atoms with E-state index >= 15 is 0 Å². The Balaban J connectivity index is 1.98. The van der Waals surface area contributed by atoms with Gasteiger partial charge in [0.15, 0.2) is 0 Å². The van der Waals surface area contributed by atoms with E-state index in [1.807, 2.05) is 24.3 Å². The van der Waals surface area contributed by atoms with Gasteiger partial charge in [-0.15, -0.1) is 0 Å². The molecule has 0 spiro atoms. The normalized spacial score (nSPS) is 10.5. The maximum Gasteiger partial charge on any atom is 0.134 e. The summed E-state index contributed by atoms with van der Waals surface area (Å²) in [4.78, 5) is 0. The van der Waals surface area contributed by atoms with Crippen LogP contribution in [0, 0.1) is 5.82 Å². The van der Waals surface area contributed by atoms with Gasteiger partial charge in [-0.2, -0.15) is 0 Å². The summed E-state index contributed by atoms with van der Waals surface area (Å²) in [6, 6.07) is 12.5. The van der Waals surface area contributed by atoms with Crippen molar-refractivity contribution in [2.75, 3.05) is 6.54 Å². The maximum atomic E-state index is 12.9. The predicted octanol–water partition coefficient (Wildman–Crippen LogP) is 3.67. The lowest BCUT2D eigenvalue weighted by Gasteiger charge is -2.09. The van der Waals surface area contributed by atoms with Crippen LogP contribution in [0.5, 0.6) is 5.75 Å². The second-order valence-corrected chi connectivity index (χ2v) is 5.07. The quantitative estimate of drug-likeness (QED) is 0.911. The summed E-state index contributed by atoms with van der Waals surface area (Å²) in [7, 11) is 0. The van der Waals surface area contributed by atoms with Crippen molar-refractivity contribution in [3.63, 3.8) is 0 Å². The number of nitrogens with two attached hydrogens (primary N) is 1. The smallest absolute Gasteiger partial charge is 0.134 e. The van der Waals surface area contributed by atoms with E-state index in [4.69, 9.17) is 10.5 Å². The average molecular weight is 324 g/mol. The first-order chi connectivity index (χ1) is 9.19. The van der Waals surface area contributed by atoms with Crippen LogP contribution in [0.3, 0.4) is 0 Å². The Bertz CT molecular complexity index is 542. The Morgan fingerprint density at radius 3 is 2.37 bits per heavy atom. The van der Waals surface area contributed by atoms with Crippen molar-refractivity contribution in [3.05, 3.63) is 63.9 Å². The van der Waals surface area contributed by atoms with Crippen LogP contribution in [0.4, 0.5) is 4.39 Å². The van der Waals surface area contributed by atoms with Crippen LogP contribution < -0.4 is 10.5 Å². The number of hydrogen-bond acceptors (Lipinski definition) is 2. The average Bonchev–Trinajstić information content (AvgIpc) is 2.40. The molecule has 0 saturated carbocycles. The van der Waals surface area contributed by atoms with Crippen molar-refractivity contribution in [1.29, 1.82) is 0 Å². The molecule has 19 heavy (non-hydrogen) atoms. The molecule has 0 aromatic heterocycles. The van der Waals surface area contributed by atoms with Gasteiger partial charge in [0.1, 0.15) is 18.2 Å². The highest BCUT2D eigenvalue weighted by Gasteiger charge is 2.03. The molecule has 0 aliphatic heterocycles. The lowest BCUT2D eigenvalue weighted by molar-refractivity contribution is 0.303. The third kappa shape index (κ3) is 4.04. The Morgan fingerprint density at radius 1 is 1.05 bits per heavy atom. The van der Waals surface area contributed by atoms with Crippen molar-refractivity contribution in [2.24, 2.45) is 5.73 Å². The fraction of sp³-hybridized carbons (Fsp3) is 0.200. The van der Waals surface area contributed by atoms with Gasteiger partial charge in [0, 0.05) is 0 Å². The standard InChI is InChI=1S/C15H15BrFNO/c16-14-9-13(17)5-6-15(14)19-10-12-3-1-11(2-4-12)7-8-18/h1-6,9H,7-8,10,18H2. The lowest BCUT2D eigenvalue weighted by Crippen LogP contribution is -2.03. The fourth-order valence-electron chi connectivity index (χ4n) is 1.72. The zero-order chi connectivity index (χ0) is 13.7. The highest BCUT2D eigenvalue weighted by atomic mass is 79.9. The molecule has 0 amide bonds. The van der Waals surface area contributed by atoms with Gasteiger partial charge in [-0.05, 0) is 58.2 Å². The van der Waals surface area contributed by atoms with Crippen molar-refractivity contribution >= 4 is 15.9 Å². The Morgan fingerprint density at radius 2 is 1.74 bits per heavy atom. The van der Waals surface area contributed by atoms with Crippen molar-refractivity contribution in [3.8, 4) is 5.75 Å². The molecule has 0 fully saturated rings. The van der Waals surface area contributed by atoms with Crippen LogP contribution in [0.15, 0.2) is 46.9 Å². The van der Waals surface area contributed by atoms with Crippen LogP contribution in [0.25, 0.3) is 0 Å². The summed E-state index contributed by atoms with van der Waals surface area (Å²) < 4.78 is 19.2. The zero-order valence-electron chi connectivity index (χ0n) is 10.4. The van der Waals surface area contributed by atoms with Crippen LogP contribution in [0.2, 0.25) is 0 Å². The lowest BCUT2D eigenvalue weighted by atomic mass is 10.1. The van der Waals surface area contributed by atoms with Gasteiger partial charge in [-0.3, -0.25) is 0 Å². The van der Waals surface area contributed by atoms with Gasteiger partial charge in [0.05, 0.1) is 4.47 Å². The largest absolute Gasteiger partial charge is 0.488 e. The van der Waals surface area contributed by atoms with E-state index in [0.717, 1.165) is 12.0 Å². The van der Waals surface area contributed by atoms with Gasteiger partial charge in [-0.1, -0.05) is 24.3 Å². The minimum absolute atomic E-state index is 0.287. The highest BCUT2D eigenvalue weighted by Crippen LogP contribution is 2.26. The van der Waals surface area contributed by atoms with E-state index in [1.165, 1.54) is 17.7 Å². The molecule has 0 heterocycles. The molecule has 2 aromatic rings. The van der Waals surface area contributed by atoms with E-state index in [1.54, 1.807) is 6.07 Å². The van der Waals surface area contributed by atoms with E-state index in [9.17, 15) is 4.39 Å². The SMILES string of the molecule is NCCc1ccc(COc2ccc(F)cc2Br)cc1. The van der Waals surface area contributed by atoms with Crippen molar-refractivity contribution in [2.45, 2.75) is 13.0 Å². The fourth-order valence-corrected chi connectivity index (χ4v) is 2.19. The number of ether oxygens (including phenoxy) is 1. The third-order valence-corrected chi connectivity index (χ3v) is 3.36. The molecule has 0 aliphatic rings. The van der Waals surface area contributed by atoms with Gasteiger partial charge in [-0.25, -0.2) is 4.39 Å².